The molecular weight excluding hydrogens is 356 g/mol. The molecule has 2 N–H and O–H groups in total. The van der Waals surface area contributed by atoms with Gasteiger partial charge in [-0.3, -0.25) is 14.9 Å². The van der Waals surface area contributed by atoms with Crippen LogP contribution < -0.4 is 14.8 Å². The van der Waals surface area contributed by atoms with Gasteiger partial charge in [-0.1, -0.05) is 0 Å². The number of carbonyl (C=O) groups excluding carboxylic acids is 1. The Hall–Kier alpha value is -3.07. The number of nitro benzene ring substituents is 1. The Morgan fingerprint density at radius 1 is 1.37 bits per heavy atom. The van der Waals surface area contributed by atoms with Crippen molar-refractivity contribution < 1.29 is 28.7 Å². The van der Waals surface area contributed by atoms with Crippen LogP contribution in [0.25, 0.3) is 0 Å². The third-order valence-corrected chi connectivity index (χ3v) is 4.66. The Kier molecular flexibility index (Phi) is 5.04. The molecule has 1 aromatic heterocycles. The number of carbonyl (C=O) groups is 1. The number of ether oxygens (including phenoxy) is 2. The molecule has 1 unspecified atom stereocenters. The number of hydrogen-bond acceptors (Lipinski definition) is 7. The molecule has 1 saturated carbocycles. The molecule has 1 aromatic carbocycles. The first kappa shape index (κ1) is 18.7. The highest BCUT2D eigenvalue weighted by Crippen LogP contribution is 2.45. The van der Waals surface area contributed by atoms with Gasteiger partial charge in [-0.05, 0) is 30.9 Å². The molecule has 1 heterocycles. The summed E-state index contributed by atoms with van der Waals surface area (Å²) >= 11 is 0. The molecule has 0 saturated heterocycles. The van der Waals surface area contributed by atoms with E-state index in [1.165, 1.54) is 26.5 Å². The number of amides is 1. The summed E-state index contributed by atoms with van der Waals surface area (Å²) in [6.45, 7) is -0.129. The van der Waals surface area contributed by atoms with Crippen LogP contribution in [0.3, 0.4) is 0 Å². The molecule has 1 fully saturated rings. The van der Waals surface area contributed by atoms with Crippen molar-refractivity contribution in [3.8, 4) is 11.5 Å². The van der Waals surface area contributed by atoms with E-state index in [9.17, 15) is 20.0 Å². The van der Waals surface area contributed by atoms with Crippen LogP contribution in [-0.2, 0) is 5.60 Å². The monoisotopic (exact) mass is 376 g/mol. The van der Waals surface area contributed by atoms with Crippen molar-refractivity contribution >= 4 is 11.6 Å². The quantitative estimate of drug-likeness (QED) is 0.535. The van der Waals surface area contributed by atoms with Crippen molar-refractivity contribution in [2.45, 2.75) is 18.4 Å². The third kappa shape index (κ3) is 3.59. The Morgan fingerprint density at radius 2 is 2.04 bits per heavy atom. The highest BCUT2D eigenvalue weighted by atomic mass is 16.6. The lowest BCUT2D eigenvalue weighted by molar-refractivity contribution is -0.385. The van der Waals surface area contributed by atoms with Crippen LogP contribution in [0.15, 0.2) is 34.9 Å². The molecule has 9 heteroatoms. The lowest BCUT2D eigenvalue weighted by Gasteiger charge is -2.26. The van der Waals surface area contributed by atoms with Gasteiger partial charge in [0.1, 0.15) is 16.9 Å². The minimum Gasteiger partial charge on any atom is -0.493 e. The van der Waals surface area contributed by atoms with E-state index in [-0.39, 0.29) is 29.5 Å². The first-order valence-corrected chi connectivity index (χ1v) is 8.35. The van der Waals surface area contributed by atoms with Gasteiger partial charge in [0.25, 0.3) is 11.6 Å². The van der Waals surface area contributed by atoms with Crippen molar-refractivity contribution in [3.05, 3.63) is 52.0 Å². The smallest absolute Gasteiger partial charge is 0.286 e. The predicted octanol–water partition coefficient (Wildman–Crippen LogP) is 2.23. The number of hydrogen-bond donors (Lipinski definition) is 2. The first-order chi connectivity index (χ1) is 12.9. The van der Waals surface area contributed by atoms with E-state index in [0.717, 1.165) is 18.9 Å². The molecule has 27 heavy (non-hydrogen) atoms. The molecule has 0 aliphatic heterocycles. The SMILES string of the molecule is COc1cc(C(=O)NCC(O)(c2ccco2)C2CC2)c([N+](=O)[O-])cc1OC. The Labute approximate surface area is 155 Å². The molecule has 0 radical (unpaired) electrons. The number of nitrogens with zero attached hydrogens (tertiary/aromatic N) is 1. The van der Waals surface area contributed by atoms with Crippen molar-refractivity contribution in [1.29, 1.82) is 0 Å². The Morgan fingerprint density at radius 3 is 2.56 bits per heavy atom. The van der Waals surface area contributed by atoms with Crippen LogP contribution in [0.5, 0.6) is 11.5 Å². The second-order valence-electron chi connectivity index (χ2n) is 6.34. The van der Waals surface area contributed by atoms with Gasteiger partial charge in [0, 0.05) is 6.07 Å². The van der Waals surface area contributed by atoms with Gasteiger partial charge in [-0.15, -0.1) is 0 Å². The lowest BCUT2D eigenvalue weighted by Crippen LogP contribution is -2.42. The number of furan rings is 1. The van der Waals surface area contributed by atoms with E-state index >= 15 is 0 Å². The fourth-order valence-corrected chi connectivity index (χ4v) is 3.03. The van der Waals surface area contributed by atoms with Crippen LogP contribution in [0.4, 0.5) is 5.69 Å². The van der Waals surface area contributed by atoms with E-state index in [1.54, 1.807) is 12.1 Å². The first-order valence-electron chi connectivity index (χ1n) is 8.35. The van der Waals surface area contributed by atoms with Gasteiger partial charge in [-0.2, -0.15) is 0 Å². The largest absolute Gasteiger partial charge is 0.493 e. The zero-order valence-electron chi connectivity index (χ0n) is 14.9. The average Bonchev–Trinajstić information content (AvgIpc) is 3.39. The highest BCUT2D eigenvalue weighted by molar-refractivity contribution is 5.99. The van der Waals surface area contributed by atoms with Crippen LogP contribution >= 0.6 is 0 Å². The van der Waals surface area contributed by atoms with E-state index in [1.807, 2.05) is 0 Å². The number of benzene rings is 1. The molecule has 2 aromatic rings. The van der Waals surface area contributed by atoms with Crippen molar-refractivity contribution in [2.24, 2.45) is 5.92 Å². The number of methoxy groups -OCH3 is 2. The van der Waals surface area contributed by atoms with Gasteiger partial charge in [0.2, 0.25) is 0 Å². The van der Waals surface area contributed by atoms with Gasteiger partial charge in [-0.25, -0.2) is 0 Å². The zero-order chi connectivity index (χ0) is 19.6. The number of nitro groups is 1. The summed E-state index contributed by atoms with van der Waals surface area (Å²) < 4.78 is 15.5. The maximum absolute atomic E-state index is 12.6. The summed E-state index contributed by atoms with van der Waals surface area (Å²) in [5, 5.41) is 24.9. The molecule has 3 rings (SSSR count). The fraction of sp³-hybridized carbons (Fsp3) is 0.389. The van der Waals surface area contributed by atoms with E-state index in [2.05, 4.69) is 5.32 Å². The summed E-state index contributed by atoms with van der Waals surface area (Å²) in [6, 6.07) is 5.68. The van der Waals surface area contributed by atoms with Crippen LogP contribution in [0.1, 0.15) is 29.0 Å². The second-order valence-corrected chi connectivity index (χ2v) is 6.34. The van der Waals surface area contributed by atoms with Gasteiger partial charge in [0.05, 0.1) is 38.0 Å². The third-order valence-electron chi connectivity index (χ3n) is 4.66. The molecule has 9 nitrogen and oxygen atoms in total. The summed E-state index contributed by atoms with van der Waals surface area (Å²) in [4.78, 5) is 23.3. The molecule has 1 atom stereocenters. The molecule has 1 aliphatic rings. The minimum atomic E-state index is -1.36. The van der Waals surface area contributed by atoms with Gasteiger partial charge < -0.3 is 24.3 Å². The van der Waals surface area contributed by atoms with Gasteiger partial charge in [0.15, 0.2) is 11.5 Å². The fourth-order valence-electron chi connectivity index (χ4n) is 3.03. The lowest BCUT2D eigenvalue weighted by atomic mass is 9.94. The van der Waals surface area contributed by atoms with E-state index in [4.69, 9.17) is 13.9 Å². The minimum absolute atomic E-state index is 0.0376. The van der Waals surface area contributed by atoms with Crippen LogP contribution in [-0.4, -0.2) is 36.7 Å². The maximum Gasteiger partial charge on any atom is 0.286 e. The summed E-state index contributed by atoms with van der Waals surface area (Å²) in [6.07, 6.45) is 3.07. The van der Waals surface area contributed by atoms with Crippen LogP contribution in [0, 0.1) is 16.0 Å². The number of rotatable bonds is 8. The molecule has 0 bridgehead atoms. The molecule has 144 valence electrons. The molecule has 1 amide bonds. The molecule has 0 spiro atoms. The maximum atomic E-state index is 12.6. The highest BCUT2D eigenvalue weighted by Gasteiger charge is 2.47. The standard InChI is InChI=1S/C18H20N2O7/c1-25-14-8-12(13(20(23)24)9-15(14)26-2)17(21)19-10-18(22,11-5-6-11)16-4-3-7-27-16/h3-4,7-9,11,22H,5-6,10H2,1-2H3,(H,19,21). The average molecular weight is 376 g/mol. The summed E-state index contributed by atoms with van der Waals surface area (Å²) in [5.74, 6) is -0.0488. The van der Waals surface area contributed by atoms with Crippen molar-refractivity contribution in [3.63, 3.8) is 0 Å². The van der Waals surface area contributed by atoms with Crippen LogP contribution in [0.2, 0.25) is 0 Å². The summed E-state index contributed by atoms with van der Waals surface area (Å²) in [7, 11) is 2.72. The number of aliphatic hydroxyl groups is 1. The predicted molar refractivity (Wildman–Crippen MR) is 93.9 cm³/mol. The topological polar surface area (TPSA) is 124 Å². The van der Waals surface area contributed by atoms with Crippen molar-refractivity contribution in [2.75, 3.05) is 20.8 Å². The molecule has 1 aliphatic carbocycles. The van der Waals surface area contributed by atoms with E-state index < -0.39 is 22.1 Å². The van der Waals surface area contributed by atoms with E-state index in [0.29, 0.717) is 5.76 Å². The zero-order valence-corrected chi connectivity index (χ0v) is 14.9. The van der Waals surface area contributed by atoms with Crippen molar-refractivity contribution in [1.82, 2.24) is 5.32 Å². The Balaban J connectivity index is 1.86. The van der Waals surface area contributed by atoms with Gasteiger partial charge >= 0.3 is 0 Å². The Bertz CT molecular complexity index is 846. The number of nitrogens with one attached hydrogen (secondary N) is 1. The second kappa shape index (κ2) is 7.28. The normalized spacial score (nSPS) is 15.7. The summed E-state index contributed by atoms with van der Waals surface area (Å²) in [5.41, 5.74) is -1.96. The molecular formula is C18H20N2O7.